The smallest absolute Gasteiger partial charge is 0.339 e. The molecule has 0 heterocycles. The summed E-state index contributed by atoms with van der Waals surface area (Å²) in [5, 5.41) is 9.12. The zero-order valence-corrected chi connectivity index (χ0v) is 13.4. The lowest BCUT2D eigenvalue weighted by atomic mass is 10.0. The predicted octanol–water partition coefficient (Wildman–Crippen LogP) is 4.31. The number of carbonyl (C=O) groups is 2. The summed E-state index contributed by atoms with van der Waals surface area (Å²) in [6.45, 7) is -0.213. The van der Waals surface area contributed by atoms with Crippen LogP contribution in [0.25, 0.3) is 11.1 Å². The highest BCUT2D eigenvalue weighted by atomic mass is 16.5. The SMILES string of the molecule is O=C(COc1ccccc1C(=O)O)c1ccc(-c2ccccc2)cc1. The molecule has 1 N–H and O–H groups in total. The van der Waals surface area contributed by atoms with Gasteiger partial charge in [0.25, 0.3) is 0 Å². The van der Waals surface area contributed by atoms with Crippen molar-refractivity contribution < 1.29 is 19.4 Å². The lowest BCUT2D eigenvalue weighted by Crippen LogP contribution is -2.13. The van der Waals surface area contributed by atoms with Crippen molar-refractivity contribution in [3.63, 3.8) is 0 Å². The van der Waals surface area contributed by atoms with E-state index in [4.69, 9.17) is 9.84 Å². The normalized spacial score (nSPS) is 10.2. The molecule has 4 nitrogen and oxygen atoms in total. The maximum Gasteiger partial charge on any atom is 0.339 e. The molecule has 0 amide bonds. The summed E-state index contributed by atoms with van der Waals surface area (Å²) in [5.74, 6) is -1.11. The number of carboxylic acid groups (broad SMARTS) is 1. The van der Waals surface area contributed by atoms with Crippen LogP contribution in [0.3, 0.4) is 0 Å². The number of ketones is 1. The molecule has 3 rings (SSSR count). The van der Waals surface area contributed by atoms with Crippen LogP contribution in [0.2, 0.25) is 0 Å². The molecule has 0 radical (unpaired) electrons. The fraction of sp³-hybridized carbons (Fsp3) is 0.0476. The minimum Gasteiger partial charge on any atom is -0.485 e. The highest BCUT2D eigenvalue weighted by molar-refractivity contribution is 5.98. The van der Waals surface area contributed by atoms with Gasteiger partial charge in [-0.25, -0.2) is 4.79 Å². The number of benzene rings is 3. The molecule has 3 aromatic rings. The molecule has 25 heavy (non-hydrogen) atoms. The lowest BCUT2D eigenvalue weighted by Gasteiger charge is -2.09. The Hall–Kier alpha value is -3.40. The van der Waals surface area contributed by atoms with Crippen LogP contribution in [-0.2, 0) is 0 Å². The van der Waals surface area contributed by atoms with E-state index < -0.39 is 5.97 Å². The van der Waals surface area contributed by atoms with Gasteiger partial charge in [-0.05, 0) is 23.3 Å². The van der Waals surface area contributed by atoms with Crippen molar-refractivity contribution in [1.82, 2.24) is 0 Å². The second-order valence-corrected chi connectivity index (χ2v) is 5.46. The zero-order chi connectivity index (χ0) is 17.6. The Balaban J connectivity index is 1.69. The summed E-state index contributed by atoms with van der Waals surface area (Å²) in [6, 6.07) is 23.4. The molecule has 0 saturated heterocycles. The molecule has 3 aromatic carbocycles. The summed E-state index contributed by atoms with van der Waals surface area (Å²) in [5.41, 5.74) is 2.66. The van der Waals surface area contributed by atoms with E-state index >= 15 is 0 Å². The Kier molecular flexibility index (Phi) is 4.90. The van der Waals surface area contributed by atoms with Crippen molar-refractivity contribution in [2.24, 2.45) is 0 Å². The highest BCUT2D eigenvalue weighted by Gasteiger charge is 2.13. The summed E-state index contributed by atoms with van der Waals surface area (Å²) < 4.78 is 5.40. The topological polar surface area (TPSA) is 63.6 Å². The van der Waals surface area contributed by atoms with Gasteiger partial charge in [-0.1, -0.05) is 66.7 Å². The third kappa shape index (κ3) is 3.93. The second kappa shape index (κ2) is 7.45. The first-order chi connectivity index (χ1) is 12.1. The molecule has 0 fully saturated rings. The molecular weight excluding hydrogens is 316 g/mol. The Morgan fingerprint density at radius 2 is 1.36 bits per heavy atom. The molecule has 0 spiro atoms. The van der Waals surface area contributed by atoms with Gasteiger partial charge in [-0.15, -0.1) is 0 Å². The first-order valence-corrected chi connectivity index (χ1v) is 7.79. The van der Waals surface area contributed by atoms with E-state index in [1.165, 1.54) is 12.1 Å². The third-order valence-corrected chi connectivity index (χ3v) is 3.79. The molecule has 124 valence electrons. The van der Waals surface area contributed by atoms with Gasteiger partial charge >= 0.3 is 5.97 Å². The molecule has 0 bridgehead atoms. The van der Waals surface area contributed by atoms with E-state index in [9.17, 15) is 9.59 Å². The summed E-state index contributed by atoms with van der Waals surface area (Å²) >= 11 is 0. The number of Topliss-reactive ketones (excluding diaryl/α,β-unsaturated/α-hetero) is 1. The van der Waals surface area contributed by atoms with Crippen LogP contribution < -0.4 is 4.74 Å². The van der Waals surface area contributed by atoms with Crippen molar-refractivity contribution >= 4 is 11.8 Å². The molecule has 0 aliphatic heterocycles. The maximum absolute atomic E-state index is 12.3. The first-order valence-electron chi connectivity index (χ1n) is 7.79. The van der Waals surface area contributed by atoms with E-state index in [0.717, 1.165) is 11.1 Å². The second-order valence-electron chi connectivity index (χ2n) is 5.46. The van der Waals surface area contributed by atoms with Crippen molar-refractivity contribution in [2.75, 3.05) is 6.61 Å². The molecular formula is C21H16O4. The van der Waals surface area contributed by atoms with Gasteiger partial charge in [-0.2, -0.15) is 0 Å². The van der Waals surface area contributed by atoms with E-state index in [1.807, 2.05) is 42.5 Å². The number of carbonyl (C=O) groups excluding carboxylic acids is 1. The molecule has 0 aromatic heterocycles. The molecule has 0 atom stereocenters. The van der Waals surface area contributed by atoms with Gasteiger partial charge in [0.2, 0.25) is 0 Å². The fourth-order valence-corrected chi connectivity index (χ4v) is 2.47. The average molecular weight is 332 g/mol. The number of hydrogen-bond acceptors (Lipinski definition) is 3. The van der Waals surface area contributed by atoms with Crippen LogP contribution in [0.15, 0.2) is 78.9 Å². The Bertz CT molecular complexity index is 883. The number of para-hydroxylation sites is 1. The lowest BCUT2D eigenvalue weighted by molar-refractivity contribution is 0.0689. The predicted molar refractivity (Wildman–Crippen MR) is 95.1 cm³/mol. The fourth-order valence-electron chi connectivity index (χ4n) is 2.47. The van der Waals surface area contributed by atoms with Gasteiger partial charge in [0, 0.05) is 5.56 Å². The number of rotatable bonds is 6. The minimum atomic E-state index is -1.09. The summed E-state index contributed by atoms with van der Waals surface area (Å²) in [4.78, 5) is 23.4. The quantitative estimate of drug-likeness (QED) is 0.683. The summed E-state index contributed by atoms with van der Waals surface area (Å²) in [6.07, 6.45) is 0. The van der Waals surface area contributed by atoms with Crippen LogP contribution in [0.5, 0.6) is 5.75 Å². The number of aromatic carboxylic acids is 1. The zero-order valence-electron chi connectivity index (χ0n) is 13.4. The van der Waals surface area contributed by atoms with Crippen molar-refractivity contribution in [3.8, 4) is 16.9 Å². The molecule has 0 aliphatic carbocycles. The van der Waals surface area contributed by atoms with Crippen molar-refractivity contribution in [3.05, 3.63) is 90.0 Å². The Morgan fingerprint density at radius 3 is 2.04 bits per heavy atom. The molecule has 4 heteroatoms. The third-order valence-electron chi connectivity index (χ3n) is 3.79. The van der Waals surface area contributed by atoms with E-state index in [2.05, 4.69) is 0 Å². The number of carboxylic acids is 1. The van der Waals surface area contributed by atoms with E-state index in [1.54, 1.807) is 24.3 Å². The minimum absolute atomic E-state index is 0.0368. The molecule has 0 unspecified atom stereocenters. The van der Waals surface area contributed by atoms with Gasteiger partial charge in [0.05, 0.1) is 0 Å². The van der Waals surface area contributed by atoms with Crippen LogP contribution in [-0.4, -0.2) is 23.5 Å². The largest absolute Gasteiger partial charge is 0.485 e. The average Bonchev–Trinajstić information content (AvgIpc) is 2.67. The standard InChI is InChI=1S/C21H16O4/c22-19(14-25-20-9-5-4-8-18(20)21(23)24)17-12-10-16(11-13-17)15-6-2-1-3-7-15/h1-13H,14H2,(H,23,24). The van der Waals surface area contributed by atoms with Crippen molar-refractivity contribution in [1.29, 1.82) is 0 Å². The van der Waals surface area contributed by atoms with Crippen LogP contribution in [0.1, 0.15) is 20.7 Å². The van der Waals surface area contributed by atoms with Crippen LogP contribution in [0.4, 0.5) is 0 Å². The molecule has 0 saturated carbocycles. The Morgan fingerprint density at radius 1 is 0.760 bits per heavy atom. The van der Waals surface area contributed by atoms with E-state index in [-0.39, 0.29) is 23.7 Å². The van der Waals surface area contributed by atoms with Gasteiger partial charge in [0.15, 0.2) is 12.4 Å². The number of hydrogen-bond donors (Lipinski definition) is 1. The van der Waals surface area contributed by atoms with Crippen molar-refractivity contribution in [2.45, 2.75) is 0 Å². The maximum atomic E-state index is 12.3. The highest BCUT2D eigenvalue weighted by Crippen LogP contribution is 2.20. The van der Waals surface area contributed by atoms with Gasteiger partial charge in [0.1, 0.15) is 11.3 Å². The van der Waals surface area contributed by atoms with Crippen LogP contribution in [0, 0.1) is 0 Å². The first kappa shape index (κ1) is 16.5. The van der Waals surface area contributed by atoms with E-state index in [0.29, 0.717) is 5.56 Å². The van der Waals surface area contributed by atoms with Gasteiger partial charge < -0.3 is 9.84 Å². The monoisotopic (exact) mass is 332 g/mol. The number of ether oxygens (including phenoxy) is 1. The Labute approximate surface area is 145 Å². The molecule has 0 aliphatic rings. The van der Waals surface area contributed by atoms with Crippen LogP contribution >= 0.6 is 0 Å². The van der Waals surface area contributed by atoms with Gasteiger partial charge in [-0.3, -0.25) is 4.79 Å². The summed E-state index contributed by atoms with van der Waals surface area (Å²) in [7, 11) is 0.